The fourth-order valence-corrected chi connectivity index (χ4v) is 4.78. The first-order chi connectivity index (χ1) is 18.1. The molecule has 0 atom stereocenters. The number of nitrogens with zero attached hydrogens (tertiary/aromatic N) is 3. The minimum absolute atomic E-state index is 0.192. The predicted octanol–water partition coefficient (Wildman–Crippen LogP) is 5.04. The van der Waals surface area contributed by atoms with Crippen LogP contribution in [0.1, 0.15) is 44.1 Å². The van der Waals surface area contributed by atoms with Gasteiger partial charge in [0.15, 0.2) is 5.65 Å². The van der Waals surface area contributed by atoms with Crippen LogP contribution in [-0.2, 0) is 9.53 Å². The van der Waals surface area contributed by atoms with Gasteiger partial charge in [0, 0.05) is 37.4 Å². The van der Waals surface area contributed by atoms with E-state index >= 15 is 4.39 Å². The summed E-state index contributed by atoms with van der Waals surface area (Å²) in [4.78, 5) is 17.2. The van der Waals surface area contributed by atoms with Gasteiger partial charge in [-0.3, -0.25) is 4.79 Å². The van der Waals surface area contributed by atoms with Crippen molar-refractivity contribution in [1.82, 2.24) is 19.9 Å². The van der Waals surface area contributed by atoms with E-state index in [-0.39, 0.29) is 17.5 Å². The average Bonchev–Trinajstić information content (AvgIpc) is 3.63. The van der Waals surface area contributed by atoms with Crippen molar-refractivity contribution in [2.75, 3.05) is 25.1 Å². The summed E-state index contributed by atoms with van der Waals surface area (Å²) in [6.45, 7) is 2.34. The van der Waals surface area contributed by atoms with E-state index in [2.05, 4.69) is 15.7 Å². The monoisotopic (exact) mass is 503 g/mol. The summed E-state index contributed by atoms with van der Waals surface area (Å²) in [5.74, 6) is 1.57. The average molecular weight is 504 g/mol. The Bertz CT molecular complexity index is 1360. The van der Waals surface area contributed by atoms with Crippen molar-refractivity contribution in [3.63, 3.8) is 0 Å². The summed E-state index contributed by atoms with van der Waals surface area (Å²) in [6, 6.07) is 11.5. The second-order valence-electron chi connectivity index (χ2n) is 9.87. The van der Waals surface area contributed by atoms with E-state index in [0.29, 0.717) is 36.0 Å². The van der Waals surface area contributed by atoms with E-state index in [0.717, 1.165) is 62.4 Å². The molecular weight excluding hydrogens is 473 g/mol. The van der Waals surface area contributed by atoms with Crippen LogP contribution in [0.15, 0.2) is 60.1 Å². The van der Waals surface area contributed by atoms with Crippen LogP contribution in [0.2, 0.25) is 0 Å². The summed E-state index contributed by atoms with van der Waals surface area (Å²) in [5, 5.41) is 11.0. The second kappa shape index (κ2) is 10.3. The van der Waals surface area contributed by atoms with Gasteiger partial charge in [-0.2, -0.15) is 14.6 Å². The van der Waals surface area contributed by atoms with Crippen molar-refractivity contribution < 1.29 is 18.7 Å². The summed E-state index contributed by atoms with van der Waals surface area (Å²) >= 11 is 0. The SMILES string of the molecule is O=C(NC1CC1)C1=C(F)C=C(c2cnn3c(NCC4CCOCC4)cc(Oc4ccccc4)nc23)CC1. The standard InChI is InChI=1S/C28H30FN5O3/c29-24-14-19(6-9-22(24)28(35)32-20-7-8-20)23-17-31-34-25(30-16-18-10-12-36-13-11-18)15-26(33-27(23)34)37-21-4-2-1-3-5-21/h1-5,14-15,17-18,20,30H,6-13,16H2,(H,32,35). The largest absolute Gasteiger partial charge is 0.439 e. The van der Waals surface area contributed by atoms with Crippen LogP contribution >= 0.6 is 0 Å². The first-order valence-electron chi connectivity index (χ1n) is 13.0. The molecule has 9 heteroatoms. The number of benzene rings is 1. The highest BCUT2D eigenvalue weighted by atomic mass is 19.1. The summed E-state index contributed by atoms with van der Waals surface area (Å²) in [7, 11) is 0. The Labute approximate surface area is 214 Å². The van der Waals surface area contributed by atoms with E-state index in [1.165, 1.54) is 6.08 Å². The maximum absolute atomic E-state index is 15.0. The third kappa shape index (κ3) is 5.36. The van der Waals surface area contributed by atoms with Gasteiger partial charge in [-0.1, -0.05) is 18.2 Å². The third-order valence-electron chi connectivity index (χ3n) is 7.09. The second-order valence-corrected chi connectivity index (χ2v) is 9.87. The first-order valence-corrected chi connectivity index (χ1v) is 13.0. The van der Waals surface area contributed by atoms with E-state index in [1.54, 1.807) is 10.7 Å². The number of fused-ring (bicyclic) bond motifs is 1. The Balaban J connectivity index is 1.32. The molecule has 8 nitrogen and oxygen atoms in total. The zero-order chi connectivity index (χ0) is 25.2. The molecule has 2 N–H and O–H groups in total. The summed E-state index contributed by atoms with van der Waals surface area (Å²) < 4.78 is 28.3. The number of hydrogen-bond acceptors (Lipinski definition) is 6. The molecule has 2 aliphatic carbocycles. The maximum Gasteiger partial charge on any atom is 0.250 e. The number of anilines is 1. The quantitative estimate of drug-likeness (QED) is 0.448. The molecule has 37 heavy (non-hydrogen) atoms. The molecule has 1 aromatic carbocycles. The number of halogens is 1. The molecule has 6 rings (SSSR count). The maximum atomic E-state index is 15.0. The number of para-hydroxylation sites is 1. The van der Waals surface area contributed by atoms with Gasteiger partial charge < -0.3 is 20.1 Å². The molecule has 192 valence electrons. The van der Waals surface area contributed by atoms with Gasteiger partial charge in [0.25, 0.3) is 0 Å². The molecule has 1 saturated heterocycles. The highest BCUT2D eigenvalue weighted by molar-refractivity contribution is 5.96. The van der Waals surface area contributed by atoms with Crippen LogP contribution in [0.25, 0.3) is 11.2 Å². The van der Waals surface area contributed by atoms with Crippen LogP contribution < -0.4 is 15.4 Å². The van der Waals surface area contributed by atoms with Crippen LogP contribution in [-0.4, -0.2) is 46.3 Å². The molecule has 0 radical (unpaired) electrons. The number of carbonyl (C=O) groups is 1. The minimum atomic E-state index is -0.492. The van der Waals surface area contributed by atoms with Gasteiger partial charge in [-0.15, -0.1) is 0 Å². The number of ether oxygens (including phenoxy) is 2. The van der Waals surface area contributed by atoms with Crippen molar-refractivity contribution >= 4 is 22.9 Å². The topological polar surface area (TPSA) is 89.8 Å². The van der Waals surface area contributed by atoms with E-state index in [1.807, 2.05) is 36.4 Å². The molecule has 2 fully saturated rings. The molecule has 0 bridgehead atoms. The van der Waals surface area contributed by atoms with E-state index in [4.69, 9.17) is 14.5 Å². The van der Waals surface area contributed by atoms with Gasteiger partial charge in [0.05, 0.1) is 11.8 Å². The molecule has 3 heterocycles. The Hall–Kier alpha value is -3.72. The number of aromatic nitrogens is 3. The molecule has 3 aliphatic rings. The smallest absolute Gasteiger partial charge is 0.250 e. The fourth-order valence-electron chi connectivity index (χ4n) is 4.78. The Kier molecular flexibility index (Phi) is 6.61. The first kappa shape index (κ1) is 23.7. The number of allylic oxidation sites excluding steroid dienone is 3. The van der Waals surface area contributed by atoms with Gasteiger partial charge in [0.1, 0.15) is 17.4 Å². The lowest BCUT2D eigenvalue weighted by Gasteiger charge is -2.23. The van der Waals surface area contributed by atoms with Crippen molar-refractivity contribution in [3.8, 4) is 11.6 Å². The predicted molar refractivity (Wildman–Crippen MR) is 138 cm³/mol. The molecular formula is C28H30FN5O3. The number of carbonyl (C=O) groups excluding carboxylic acids is 1. The van der Waals surface area contributed by atoms with Gasteiger partial charge in [0.2, 0.25) is 11.8 Å². The summed E-state index contributed by atoms with van der Waals surface area (Å²) in [6.07, 6.45) is 7.97. The molecule has 0 unspecified atom stereocenters. The number of hydrogen-bond donors (Lipinski definition) is 2. The van der Waals surface area contributed by atoms with E-state index < -0.39 is 5.83 Å². The van der Waals surface area contributed by atoms with Crippen LogP contribution in [0.3, 0.4) is 0 Å². The lowest BCUT2D eigenvalue weighted by molar-refractivity contribution is -0.117. The Morgan fingerprint density at radius 1 is 1.14 bits per heavy atom. The van der Waals surface area contributed by atoms with Gasteiger partial charge in [-0.25, -0.2) is 4.39 Å². The van der Waals surface area contributed by atoms with Crippen LogP contribution in [0.4, 0.5) is 10.2 Å². The number of rotatable bonds is 8. The summed E-state index contributed by atoms with van der Waals surface area (Å²) in [5.41, 5.74) is 2.28. The molecule has 1 amide bonds. The lowest BCUT2D eigenvalue weighted by Crippen LogP contribution is -2.28. The Morgan fingerprint density at radius 2 is 1.95 bits per heavy atom. The minimum Gasteiger partial charge on any atom is -0.439 e. The number of nitrogens with one attached hydrogen (secondary N) is 2. The lowest BCUT2D eigenvalue weighted by atomic mass is 9.93. The molecule has 3 aromatic rings. The van der Waals surface area contributed by atoms with Crippen molar-refractivity contribution in [3.05, 3.63) is 65.6 Å². The highest BCUT2D eigenvalue weighted by Crippen LogP contribution is 2.35. The van der Waals surface area contributed by atoms with Crippen LogP contribution in [0.5, 0.6) is 11.6 Å². The van der Waals surface area contributed by atoms with Crippen LogP contribution in [0, 0.1) is 5.92 Å². The van der Waals surface area contributed by atoms with E-state index in [9.17, 15) is 4.79 Å². The molecule has 1 aliphatic heterocycles. The highest BCUT2D eigenvalue weighted by Gasteiger charge is 2.28. The van der Waals surface area contributed by atoms with Crippen molar-refractivity contribution in [2.45, 2.75) is 44.6 Å². The number of amides is 1. The van der Waals surface area contributed by atoms with Gasteiger partial charge >= 0.3 is 0 Å². The zero-order valence-electron chi connectivity index (χ0n) is 20.6. The fraction of sp³-hybridized carbons (Fsp3) is 0.393. The van der Waals surface area contributed by atoms with Crippen molar-refractivity contribution in [2.24, 2.45) is 5.92 Å². The normalized spacial score (nSPS) is 18.6. The molecule has 1 saturated carbocycles. The molecule has 0 spiro atoms. The zero-order valence-corrected chi connectivity index (χ0v) is 20.6. The Morgan fingerprint density at radius 3 is 2.70 bits per heavy atom. The third-order valence-corrected chi connectivity index (χ3v) is 7.09. The molecule has 2 aromatic heterocycles. The van der Waals surface area contributed by atoms with Gasteiger partial charge in [-0.05, 0) is 68.2 Å². The van der Waals surface area contributed by atoms with Crippen molar-refractivity contribution in [1.29, 1.82) is 0 Å².